The summed E-state index contributed by atoms with van der Waals surface area (Å²) in [5.74, 6) is -0.110. The van der Waals surface area contributed by atoms with Crippen molar-refractivity contribution in [3.63, 3.8) is 0 Å². The van der Waals surface area contributed by atoms with E-state index in [9.17, 15) is 4.79 Å². The van der Waals surface area contributed by atoms with Crippen molar-refractivity contribution in [2.75, 3.05) is 0 Å². The highest BCUT2D eigenvalue weighted by Crippen LogP contribution is 2.27. The summed E-state index contributed by atoms with van der Waals surface area (Å²) in [6, 6.07) is 0. The van der Waals surface area contributed by atoms with Crippen LogP contribution in [0.15, 0.2) is 26.5 Å². The molecule has 5 heteroatoms. The number of fused-ring (bicyclic) bond motifs is 1. The molecule has 0 radical (unpaired) electrons. The number of hydrogen-bond acceptors (Lipinski definition) is 4. The summed E-state index contributed by atoms with van der Waals surface area (Å²) in [4.78, 5) is 15.5. The van der Waals surface area contributed by atoms with Gasteiger partial charge in [0.05, 0.1) is 17.6 Å². The first-order chi connectivity index (χ1) is 6.83. The number of hydrogen-bond donors (Lipinski definition) is 1. The molecule has 1 unspecified atom stereocenters. The molecule has 1 amide bonds. The number of carbonyl (C=O) groups is 1. The standard InChI is InChI=1S/C9H12N4O/c1-2-3-4-6-7-8(13-12-6)10-5-11-9(7)14/h5,8H,2-4H2,1H3,(H,10,11,14). The largest absolute Gasteiger partial charge is 0.313 e. The van der Waals surface area contributed by atoms with Crippen LogP contribution < -0.4 is 5.32 Å². The molecule has 0 aromatic carbocycles. The van der Waals surface area contributed by atoms with E-state index >= 15 is 0 Å². The Morgan fingerprint density at radius 3 is 3.21 bits per heavy atom. The van der Waals surface area contributed by atoms with Gasteiger partial charge >= 0.3 is 0 Å². The number of nitrogens with zero attached hydrogens (tertiary/aromatic N) is 3. The lowest BCUT2D eigenvalue weighted by molar-refractivity contribution is -0.116. The van der Waals surface area contributed by atoms with Gasteiger partial charge in [-0.3, -0.25) is 4.79 Å². The number of azo groups is 1. The quantitative estimate of drug-likeness (QED) is 0.721. The van der Waals surface area contributed by atoms with Crippen LogP contribution in [-0.4, -0.2) is 18.4 Å². The molecule has 0 bridgehead atoms. The van der Waals surface area contributed by atoms with E-state index in [4.69, 9.17) is 0 Å². The second-order valence-electron chi connectivity index (χ2n) is 3.30. The summed E-state index contributed by atoms with van der Waals surface area (Å²) in [7, 11) is 0. The zero-order chi connectivity index (χ0) is 9.97. The fraction of sp³-hybridized carbons (Fsp3) is 0.556. The van der Waals surface area contributed by atoms with Crippen LogP contribution in [0.2, 0.25) is 0 Å². The first-order valence-electron chi connectivity index (χ1n) is 4.79. The Bertz CT molecular complexity index is 343. The fourth-order valence-corrected chi connectivity index (χ4v) is 1.51. The number of amides is 1. The molecule has 0 aromatic heterocycles. The van der Waals surface area contributed by atoms with Crippen molar-refractivity contribution >= 4 is 12.2 Å². The van der Waals surface area contributed by atoms with Crippen LogP contribution in [0, 0.1) is 0 Å². The van der Waals surface area contributed by atoms with Crippen molar-refractivity contribution in [3.05, 3.63) is 11.3 Å². The second-order valence-corrected chi connectivity index (χ2v) is 3.30. The zero-order valence-electron chi connectivity index (χ0n) is 8.03. The Balaban J connectivity index is 2.21. The molecular formula is C9H12N4O. The minimum absolute atomic E-state index is 0.110. The lowest BCUT2D eigenvalue weighted by Crippen LogP contribution is -2.32. The highest BCUT2D eigenvalue weighted by molar-refractivity contribution is 6.03. The summed E-state index contributed by atoms with van der Waals surface area (Å²) in [5, 5.41) is 10.5. The van der Waals surface area contributed by atoms with Crippen molar-refractivity contribution in [1.29, 1.82) is 0 Å². The van der Waals surface area contributed by atoms with Crippen LogP contribution in [0.3, 0.4) is 0 Å². The van der Waals surface area contributed by atoms with E-state index in [-0.39, 0.29) is 12.1 Å². The molecule has 2 aliphatic rings. The van der Waals surface area contributed by atoms with E-state index in [2.05, 4.69) is 27.5 Å². The molecule has 0 aliphatic carbocycles. The van der Waals surface area contributed by atoms with E-state index < -0.39 is 0 Å². The highest BCUT2D eigenvalue weighted by atomic mass is 16.2. The van der Waals surface area contributed by atoms with Gasteiger partial charge in [0.1, 0.15) is 0 Å². The molecule has 2 rings (SSSR count). The van der Waals surface area contributed by atoms with Gasteiger partial charge in [0.25, 0.3) is 5.91 Å². The van der Waals surface area contributed by atoms with Gasteiger partial charge in [-0.25, -0.2) is 4.99 Å². The van der Waals surface area contributed by atoms with Crippen molar-refractivity contribution < 1.29 is 4.79 Å². The molecular weight excluding hydrogens is 180 g/mol. The van der Waals surface area contributed by atoms with Crippen LogP contribution in [0.5, 0.6) is 0 Å². The number of aliphatic imine (C=N–C) groups is 1. The molecule has 14 heavy (non-hydrogen) atoms. The molecule has 1 N–H and O–H groups in total. The molecule has 74 valence electrons. The molecule has 1 atom stereocenters. The average Bonchev–Trinajstić information content (AvgIpc) is 2.59. The second kappa shape index (κ2) is 3.69. The number of nitrogens with one attached hydrogen (secondary N) is 1. The molecule has 2 aliphatic heterocycles. The average molecular weight is 192 g/mol. The minimum Gasteiger partial charge on any atom is -0.313 e. The SMILES string of the molecule is CCCCC1=C2C(=O)NC=NC2N=N1. The molecule has 0 fully saturated rings. The van der Waals surface area contributed by atoms with E-state index in [1.165, 1.54) is 6.34 Å². The Morgan fingerprint density at radius 2 is 2.43 bits per heavy atom. The number of carbonyl (C=O) groups excluding carboxylic acids is 1. The van der Waals surface area contributed by atoms with Gasteiger partial charge < -0.3 is 5.32 Å². The number of unbranched alkanes of at least 4 members (excludes halogenated alkanes) is 1. The Hall–Kier alpha value is -1.52. The first kappa shape index (κ1) is 9.05. The van der Waals surface area contributed by atoms with E-state index in [1.54, 1.807) is 0 Å². The van der Waals surface area contributed by atoms with Crippen LogP contribution in [0.4, 0.5) is 0 Å². The van der Waals surface area contributed by atoms with Crippen LogP contribution >= 0.6 is 0 Å². The van der Waals surface area contributed by atoms with Crippen LogP contribution in [-0.2, 0) is 4.79 Å². The summed E-state index contributed by atoms with van der Waals surface area (Å²) in [6.07, 6.45) is 3.94. The van der Waals surface area contributed by atoms with Crippen LogP contribution in [0.1, 0.15) is 26.2 Å². The predicted octanol–water partition coefficient (Wildman–Crippen LogP) is 1.38. The number of rotatable bonds is 3. The van der Waals surface area contributed by atoms with Crippen molar-refractivity contribution in [3.8, 4) is 0 Å². The first-order valence-corrected chi connectivity index (χ1v) is 4.79. The Labute approximate surface area is 82.0 Å². The summed E-state index contributed by atoms with van der Waals surface area (Å²) < 4.78 is 0. The van der Waals surface area contributed by atoms with Gasteiger partial charge in [-0.1, -0.05) is 13.3 Å². The van der Waals surface area contributed by atoms with Gasteiger partial charge in [-0.05, 0) is 12.8 Å². The molecule has 2 heterocycles. The van der Waals surface area contributed by atoms with Gasteiger partial charge in [0.2, 0.25) is 0 Å². The van der Waals surface area contributed by atoms with Crippen molar-refractivity contribution in [1.82, 2.24) is 5.32 Å². The van der Waals surface area contributed by atoms with Gasteiger partial charge in [0, 0.05) is 0 Å². The Morgan fingerprint density at radius 1 is 1.57 bits per heavy atom. The molecule has 0 saturated carbocycles. The third kappa shape index (κ3) is 1.45. The summed E-state index contributed by atoms with van der Waals surface area (Å²) in [5.41, 5.74) is 1.42. The summed E-state index contributed by atoms with van der Waals surface area (Å²) in [6.45, 7) is 2.11. The minimum atomic E-state index is -0.379. The maximum atomic E-state index is 11.5. The monoisotopic (exact) mass is 192 g/mol. The maximum absolute atomic E-state index is 11.5. The third-order valence-corrected chi connectivity index (χ3v) is 2.28. The van der Waals surface area contributed by atoms with Gasteiger partial charge in [0.15, 0.2) is 6.17 Å². The Kier molecular flexibility index (Phi) is 2.39. The predicted molar refractivity (Wildman–Crippen MR) is 51.8 cm³/mol. The normalized spacial score (nSPS) is 24.1. The lowest BCUT2D eigenvalue weighted by Gasteiger charge is -2.11. The number of allylic oxidation sites excluding steroid dienone is 1. The summed E-state index contributed by atoms with van der Waals surface area (Å²) >= 11 is 0. The third-order valence-electron chi connectivity index (χ3n) is 2.28. The maximum Gasteiger partial charge on any atom is 0.258 e. The zero-order valence-corrected chi connectivity index (χ0v) is 8.03. The van der Waals surface area contributed by atoms with Crippen LogP contribution in [0.25, 0.3) is 0 Å². The van der Waals surface area contributed by atoms with Gasteiger partial charge in [-0.15, -0.1) is 0 Å². The van der Waals surface area contributed by atoms with Crippen molar-refractivity contribution in [2.45, 2.75) is 32.4 Å². The lowest BCUT2D eigenvalue weighted by atomic mass is 10.1. The smallest absolute Gasteiger partial charge is 0.258 e. The van der Waals surface area contributed by atoms with Crippen molar-refractivity contribution in [2.24, 2.45) is 15.2 Å². The molecule has 5 nitrogen and oxygen atoms in total. The topological polar surface area (TPSA) is 66.2 Å². The molecule has 0 spiro atoms. The van der Waals surface area contributed by atoms with E-state index in [1.807, 2.05) is 0 Å². The highest BCUT2D eigenvalue weighted by Gasteiger charge is 2.30. The van der Waals surface area contributed by atoms with Gasteiger partial charge in [-0.2, -0.15) is 10.2 Å². The molecule has 0 aromatic rings. The van der Waals surface area contributed by atoms with E-state index in [0.29, 0.717) is 5.57 Å². The van der Waals surface area contributed by atoms with E-state index in [0.717, 1.165) is 25.0 Å². The fourth-order valence-electron chi connectivity index (χ4n) is 1.51. The molecule has 0 saturated heterocycles.